The molecular formula is C12H18N4O4. The Morgan fingerprint density at radius 2 is 2.30 bits per heavy atom. The predicted molar refractivity (Wildman–Crippen MR) is 75.4 cm³/mol. The number of ether oxygens (including phenoxy) is 1. The minimum Gasteiger partial charge on any atom is -0.409 e. The molecule has 0 aliphatic heterocycles. The molecule has 0 amide bonds. The van der Waals surface area contributed by atoms with E-state index in [0.29, 0.717) is 31.0 Å². The van der Waals surface area contributed by atoms with Crippen molar-refractivity contribution in [3.8, 4) is 0 Å². The van der Waals surface area contributed by atoms with Gasteiger partial charge in [0.15, 0.2) is 5.84 Å². The van der Waals surface area contributed by atoms with Crippen molar-refractivity contribution in [2.24, 2.45) is 10.9 Å². The van der Waals surface area contributed by atoms with Gasteiger partial charge in [-0.2, -0.15) is 0 Å². The molecular weight excluding hydrogens is 264 g/mol. The van der Waals surface area contributed by atoms with Gasteiger partial charge in [0.1, 0.15) is 5.69 Å². The van der Waals surface area contributed by atoms with Gasteiger partial charge in [-0.15, -0.1) is 0 Å². The third kappa shape index (κ3) is 3.82. The van der Waals surface area contributed by atoms with Gasteiger partial charge in [0.25, 0.3) is 5.69 Å². The number of nitrogens with two attached hydrogens (primary N) is 1. The van der Waals surface area contributed by atoms with Crippen LogP contribution in [-0.4, -0.2) is 42.8 Å². The first-order valence-electron chi connectivity index (χ1n) is 6.06. The molecule has 0 unspecified atom stereocenters. The van der Waals surface area contributed by atoms with Gasteiger partial charge in [0.2, 0.25) is 0 Å². The van der Waals surface area contributed by atoms with Crippen molar-refractivity contribution in [3.63, 3.8) is 0 Å². The number of anilines is 1. The van der Waals surface area contributed by atoms with Gasteiger partial charge in [0, 0.05) is 31.8 Å². The summed E-state index contributed by atoms with van der Waals surface area (Å²) in [5.41, 5.74) is 6.07. The first-order valence-corrected chi connectivity index (χ1v) is 6.06. The fourth-order valence-electron chi connectivity index (χ4n) is 1.68. The van der Waals surface area contributed by atoms with E-state index >= 15 is 0 Å². The van der Waals surface area contributed by atoms with Crippen LogP contribution >= 0.6 is 0 Å². The van der Waals surface area contributed by atoms with E-state index in [1.54, 1.807) is 24.1 Å². The maximum absolute atomic E-state index is 11.1. The van der Waals surface area contributed by atoms with E-state index in [9.17, 15) is 10.1 Å². The van der Waals surface area contributed by atoms with E-state index in [1.165, 1.54) is 6.07 Å². The summed E-state index contributed by atoms with van der Waals surface area (Å²) < 4.78 is 5.22. The van der Waals surface area contributed by atoms with Crippen molar-refractivity contribution >= 4 is 17.2 Å². The Morgan fingerprint density at radius 1 is 1.60 bits per heavy atom. The number of nitro benzene ring substituents is 1. The molecule has 0 saturated carbocycles. The van der Waals surface area contributed by atoms with Crippen molar-refractivity contribution in [3.05, 3.63) is 33.9 Å². The molecule has 0 aliphatic carbocycles. The molecule has 20 heavy (non-hydrogen) atoms. The highest BCUT2D eigenvalue weighted by molar-refractivity contribution is 5.98. The lowest BCUT2D eigenvalue weighted by atomic mass is 10.1. The SMILES string of the molecule is CCOCCN(C)c1ccc(/C(N)=N/O)cc1[N+](=O)[O-]. The van der Waals surface area contributed by atoms with Gasteiger partial charge in [0.05, 0.1) is 11.5 Å². The number of oxime groups is 1. The summed E-state index contributed by atoms with van der Waals surface area (Å²) in [6, 6.07) is 4.41. The van der Waals surface area contributed by atoms with E-state index in [4.69, 9.17) is 15.7 Å². The molecule has 0 spiro atoms. The number of nitro groups is 1. The van der Waals surface area contributed by atoms with Gasteiger partial charge in [-0.25, -0.2) is 0 Å². The number of hydrogen-bond donors (Lipinski definition) is 2. The van der Waals surface area contributed by atoms with Crippen LogP contribution in [0.2, 0.25) is 0 Å². The maximum Gasteiger partial charge on any atom is 0.293 e. The number of amidine groups is 1. The monoisotopic (exact) mass is 282 g/mol. The standard InChI is InChI=1S/C12H18N4O4/c1-3-20-7-6-15(2)10-5-4-9(12(13)14-17)8-11(10)16(18)19/h4-5,8,17H,3,6-7H2,1-2H3,(H2,13,14). The number of rotatable bonds is 7. The molecule has 0 aliphatic rings. The zero-order valence-electron chi connectivity index (χ0n) is 11.4. The van der Waals surface area contributed by atoms with E-state index in [1.807, 2.05) is 6.92 Å². The zero-order chi connectivity index (χ0) is 15.1. The van der Waals surface area contributed by atoms with E-state index < -0.39 is 4.92 Å². The Labute approximate surface area is 116 Å². The van der Waals surface area contributed by atoms with Crippen LogP contribution in [0.1, 0.15) is 12.5 Å². The third-order valence-electron chi connectivity index (χ3n) is 2.76. The lowest BCUT2D eigenvalue weighted by Gasteiger charge is -2.19. The van der Waals surface area contributed by atoms with Gasteiger partial charge >= 0.3 is 0 Å². The van der Waals surface area contributed by atoms with Crippen LogP contribution in [0.5, 0.6) is 0 Å². The van der Waals surface area contributed by atoms with Crippen LogP contribution in [-0.2, 0) is 4.74 Å². The molecule has 0 heterocycles. The summed E-state index contributed by atoms with van der Waals surface area (Å²) in [6.45, 7) is 3.48. The van der Waals surface area contributed by atoms with Gasteiger partial charge in [-0.1, -0.05) is 5.16 Å². The van der Waals surface area contributed by atoms with Crippen molar-refractivity contribution in [2.75, 3.05) is 31.7 Å². The average Bonchev–Trinajstić information content (AvgIpc) is 2.45. The number of hydrogen-bond acceptors (Lipinski definition) is 6. The fraction of sp³-hybridized carbons (Fsp3) is 0.417. The summed E-state index contributed by atoms with van der Waals surface area (Å²) in [5.74, 6) is -0.170. The molecule has 1 aromatic carbocycles. The van der Waals surface area contributed by atoms with Crippen molar-refractivity contribution < 1.29 is 14.9 Å². The zero-order valence-corrected chi connectivity index (χ0v) is 11.4. The van der Waals surface area contributed by atoms with Crippen LogP contribution < -0.4 is 10.6 Å². The Morgan fingerprint density at radius 3 is 2.85 bits per heavy atom. The lowest BCUT2D eigenvalue weighted by molar-refractivity contribution is -0.384. The second kappa shape index (κ2) is 7.29. The Kier molecular flexibility index (Phi) is 5.73. The number of nitrogens with zero attached hydrogens (tertiary/aromatic N) is 3. The molecule has 3 N–H and O–H groups in total. The van der Waals surface area contributed by atoms with E-state index in [-0.39, 0.29) is 11.5 Å². The molecule has 0 aromatic heterocycles. The van der Waals surface area contributed by atoms with Crippen LogP contribution in [0, 0.1) is 10.1 Å². The van der Waals surface area contributed by atoms with Crippen molar-refractivity contribution in [1.29, 1.82) is 0 Å². The molecule has 0 radical (unpaired) electrons. The molecule has 110 valence electrons. The summed E-state index contributed by atoms with van der Waals surface area (Å²) in [7, 11) is 1.74. The molecule has 8 heteroatoms. The summed E-state index contributed by atoms with van der Waals surface area (Å²) in [6.07, 6.45) is 0. The van der Waals surface area contributed by atoms with Crippen molar-refractivity contribution in [1.82, 2.24) is 0 Å². The molecule has 0 bridgehead atoms. The Hall–Kier alpha value is -2.35. The van der Waals surface area contributed by atoms with Crippen LogP contribution in [0.15, 0.2) is 23.4 Å². The van der Waals surface area contributed by atoms with E-state index in [0.717, 1.165) is 0 Å². The van der Waals surface area contributed by atoms with Gasteiger partial charge in [-0.3, -0.25) is 10.1 Å². The summed E-state index contributed by atoms with van der Waals surface area (Å²) in [4.78, 5) is 12.4. The smallest absolute Gasteiger partial charge is 0.293 e. The molecule has 0 atom stereocenters. The summed E-state index contributed by atoms with van der Waals surface area (Å²) >= 11 is 0. The first-order chi connectivity index (χ1) is 9.51. The van der Waals surface area contributed by atoms with E-state index in [2.05, 4.69) is 5.16 Å². The molecule has 8 nitrogen and oxygen atoms in total. The Balaban J connectivity index is 3.04. The average molecular weight is 282 g/mol. The van der Waals surface area contributed by atoms with Gasteiger partial charge < -0.3 is 20.6 Å². The number of likely N-dealkylation sites (N-methyl/N-ethyl adjacent to an activating group) is 1. The van der Waals surface area contributed by atoms with Crippen LogP contribution in [0.25, 0.3) is 0 Å². The fourth-order valence-corrected chi connectivity index (χ4v) is 1.68. The molecule has 0 saturated heterocycles. The second-order valence-electron chi connectivity index (χ2n) is 4.06. The molecule has 1 aromatic rings. The largest absolute Gasteiger partial charge is 0.409 e. The normalized spacial score (nSPS) is 11.4. The molecule has 0 fully saturated rings. The topological polar surface area (TPSA) is 114 Å². The quantitative estimate of drug-likeness (QED) is 0.194. The second-order valence-corrected chi connectivity index (χ2v) is 4.06. The maximum atomic E-state index is 11.1. The minimum atomic E-state index is -0.499. The lowest BCUT2D eigenvalue weighted by Crippen LogP contribution is -2.24. The number of benzene rings is 1. The first kappa shape index (κ1) is 15.7. The van der Waals surface area contributed by atoms with Crippen LogP contribution in [0.4, 0.5) is 11.4 Å². The van der Waals surface area contributed by atoms with Crippen molar-refractivity contribution in [2.45, 2.75) is 6.92 Å². The minimum absolute atomic E-state index is 0.104. The highest BCUT2D eigenvalue weighted by atomic mass is 16.6. The highest BCUT2D eigenvalue weighted by Gasteiger charge is 2.18. The Bertz CT molecular complexity index is 504. The summed E-state index contributed by atoms with van der Waals surface area (Å²) in [5, 5.41) is 22.6. The highest BCUT2D eigenvalue weighted by Crippen LogP contribution is 2.28. The third-order valence-corrected chi connectivity index (χ3v) is 2.76. The molecule has 1 rings (SSSR count). The van der Waals surface area contributed by atoms with Gasteiger partial charge in [-0.05, 0) is 19.1 Å². The van der Waals surface area contributed by atoms with Crippen LogP contribution in [0.3, 0.4) is 0 Å². The predicted octanol–water partition coefficient (Wildman–Crippen LogP) is 1.16.